The molecule has 2 amide bonds. The summed E-state index contributed by atoms with van der Waals surface area (Å²) in [6.45, 7) is 0. The number of carbonyl (C=O) groups excluding carboxylic acids is 2. The quantitative estimate of drug-likeness (QED) is 0.487. The number of piperidine rings is 1. The zero-order valence-electron chi connectivity index (χ0n) is 16.9. The van der Waals surface area contributed by atoms with Crippen molar-refractivity contribution in [3.8, 4) is 0 Å². The number of nitrogens with one attached hydrogen (secondary N) is 1. The molecule has 33 heavy (non-hydrogen) atoms. The van der Waals surface area contributed by atoms with E-state index in [0.29, 0.717) is 25.0 Å². The summed E-state index contributed by atoms with van der Waals surface area (Å²) >= 11 is 5.94. The third kappa shape index (κ3) is 4.29. The Morgan fingerprint density at radius 1 is 1.03 bits per heavy atom. The van der Waals surface area contributed by atoms with Crippen LogP contribution >= 0.6 is 11.6 Å². The van der Waals surface area contributed by atoms with Gasteiger partial charge in [-0.05, 0) is 43.9 Å². The fourth-order valence-corrected chi connectivity index (χ4v) is 4.73. The Balaban J connectivity index is 1.60. The summed E-state index contributed by atoms with van der Waals surface area (Å²) in [5.74, 6) is -11.4. The van der Waals surface area contributed by atoms with E-state index in [9.17, 15) is 27.9 Å². The van der Waals surface area contributed by atoms with Gasteiger partial charge in [-0.2, -0.15) is 8.78 Å². The Morgan fingerprint density at radius 3 is 2.18 bits per heavy atom. The first-order chi connectivity index (χ1) is 15.5. The van der Waals surface area contributed by atoms with E-state index in [4.69, 9.17) is 11.6 Å². The maximum Gasteiger partial charge on any atom is 0.351 e. The van der Waals surface area contributed by atoms with Gasteiger partial charge >= 0.3 is 5.92 Å². The van der Waals surface area contributed by atoms with Crippen molar-refractivity contribution in [1.29, 1.82) is 0 Å². The van der Waals surface area contributed by atoms with E-state index in [1.807, 2.05) is 0 Å². The van der Waals surface area contributed by atoms with Gasteiger partial charge in [0.15, 0.2) is 17.5 Å². The molecule has 2 saturated heterocycles. The van der Waals surface area contributed by atoms with E-state index >= 15 is 8.78 Å². The normalized spacial score (nSPS) is 22.4. The molecule has 2 aromatic carbocycles. The van der Waals surface area contributed by atoms with Crippen LogP contribution in [0.3, 0.4) is 0 Å². The number of hydrogen-bond acceptors (Lipinski definition) is 3. The van der Waals surface area contributed by atoms with Gasteiger partial charge in [0.25, 0.3) is 11.8 Å². The van der Waals surface area contributed by atoms with Gasteiger partial charge in [-0.15, -0.1) is 0 Å². The van der Waals surface area contributed by atoms with Gasteiger partial charge in [0.2, 0.25) is 0 Å². The van der Waals surface area contributed by atoms with Crippen molar-refractivity contribution in [1.82, 2.24) is 4.90 Å². The minimum atomic E-state index is -4.06. The van der Waals surface area contributed by atoms with Crippen LogP contribution in [0.25, 0.3) is 0 Å². The van der Waals surface area contributed by atoms with Crippen LogP contribution in [0.4, 0.5) is 27.6 Å². The van der Waals surface area contributed by atoms with Crippen molar-refractivity contribution in [2.24, 2.45) is 0 Å². The molecule has 4 rings (SSSR count). The summed E-state index contributed by atoms with van der Waals surface area (Å²) < 4.78 is 70.4. The van der Waals surface area contributed by atoms with E-state index in [1.165, 1.54) is 0 Å². The minimum absolute atomic E-state index is 0.208. The number of fused-ring (bicyclic) bond motifs is 2. The van der Waals surface area contributed by atoms with Gasteiger partial charge < -0.3 is 15.3 Å². The first-order valence-electron chi connectivity index (χ1n) is 10.1. The highest BCUT2D eigenvalue weighted by molar-refractivity contribution is 6.32. The van der Waals surface area contributed by atoms with Gasteiger partial charge in [-0.1, -0.05) is 11.6 Å². The molecule has 2 aliphatic rings. The number of benzene rings is 2. The van der Waals surface area contributed by atoms with Gasteiger partial charge in [0.05, 0.1) is 16.7 Å². The highest BCUT2D eigenvalue weighted by Gasteiger charge is 2.52. The summed E-state index contributed by atoms with van der Waals surface area (Å²) in [6.07, 6.45) is 0.769. The number of amides is 2. The monoisotopic (exact) mass is 488 g/mol. The average Bonchev–Trinajstić information content (AvgIpc) is 3.02. The molecule has 2 N–H and O–H groups in total. The molecule has 0 radical (unpaired) electrons. The number of rotatable bonds is 4. The molecule has 2 aromatic rings. The van der Waals surface area contributed by atoms with Gasteiger partial charge in [-0.3, -0.25) is 9.59 Å². The predicted octanol–water partition coefficient (Wildman–Crippen LogP) is 4.62. The molecule has 176 valence electrons. The molecule has 0 spiro atoms. The SMILES string of the molecule is O=C(Nc1cc(F)c(F)c(F)c1)c1ccc(Cl)c(C(F)(F)C(=O)N2[C@@H]3CC[C@H]2CC(O)C3)c1. The van der Waals surface area contributed by atoms with E-state index in [-0.39, 0.29) is 18.4 Å². The standard InChI is InChI=1S/C22H18ClF5N2O3/c23-16-4-1-10(20(32)29-11-6-17(24)19(26)18(25)7-11)5-15(16)22(27,28)21(33)30-12-2-3-13(30)9-14(31)8-12/h1,4-7,12-14,31H,2-3,8-9H2,(H,29,32)/t12-,13+,14?. The molecular formula is C22H18ClF5N2O3. The number of halogens is 6. The molecule has 2 heterocycles. The fourth-order valence-electron chi connectivity index (χ4n) is 4.50. The minimum Gasteiger partial charge on any atom is -0.393 e. The van der Waals surface area contributed by atoms with Crippen LogP contribution < -0.4 is 5.32 Å². The number of hydrogen-bond donors (Lipinski definition) is 2. The van der Waals surface area contributed by atoms with Gasteiger partial charge in [-0.25, -0.2) is 13.2 Å². The third-order valence-electron chi connectivity index (χ3n) is 6.02. The van der Waals surface area contributed by atoms with Crippen molar-refractivity contribution in [3.05, 3.63) is 63.9 Å². The van der Waals surface area contributed by atoms with Gasteiger partial charge in [0, 0.05) is 35.5 Å². The molecule has 1 unspecified atom stereocenters. The number of aliphatic hydroxyl groups excluding tert-OH is 1. The van der Waals surface area contributed by atoms with Crippen molar-refractivity contribution in [2.45, 2.75) is 49.8 Å². The summed E-state index contributed by atoms with van der Waals surface area (Å²) in [5, 5.41) is 11.5. The van der Waals surface area contributed by atoms with Crippen LogP contribution in [-0.4, -0.2) is 40.0 Å². The van der Waals surface area contributed by atoms with Crippen LogP contribution in [0.1, 0.15) is 41.6 Å². The van der Waals surface area contributed by atoms with E-state index in [0.717, 1.165) is 23.1 Å². The summed E-state index contributed by atoms with van der Waals surface area (Å²) in [4.78, 5) is 26.4. The van der Waals surface area contributed by atoms with Crippen LogP contribution in [-0.2, 0) is 10.7 Å². The first kappa shape index (κ1) is 23.4. The molecule has 2 fully saturated rings. The Kier molecular flexibility index (Phi) is 6.09. The summed E-state index contributed by atoms with van der Waals surface area (Å²) in [7, 11) is 0. The molecule has 2 aliphatic heterocycles. The fraction of sp³-hybridized carbons (Fsp3) is 0.364. The second-order valence-electron chi connectivity index (χ2n) is 8.20. The predicted molar refractivity (Wildman–Crippen MR) is 109 cm³/mol. The topological polar surface area (TPSA) is 69.6 Å². The molecule has 0 aromatic heterocycles. The second kappa shape index (κ2) is 8.57. The first-order valence-corrected chi connectivity index (χ1v) is 10.5. The highest BCUT2D eigenvalue weighted by Crippen LogP contribution is 2.42. The zero-order valence-corrected chi connectivity index (χ0v) is 17.7. The van der Waals surface area contributed by atoms with Crippen molar-refractivity contribution >= 4 is 29.1 Å². The Bertz CT molecular complexity index is 1090. The number of alkyl halides is 2. The van der Waals surface area contributed by atoms with Crippen molar-refractivity contribution in [3.63, 3.8) is 0 Å². The van der Waals surface area contributed by atoms with E-state index in [2.05, 4.69) is 5.32 Å². The van der Waals surface area contributed by atoms with Crippen LogP contribution in [0.2, 0.25) is 5.02 Å². The van der Waals surface area contributed by atoms with Crippen molar-refractivity contribution < 1.29 is 36.6 Å². The average molecular weight is 489 g/mol. The molecule has 0 aliphatic carbocycles. The maximum absolute atomic E-state index is 15.3. The lowest BCUT2D eigenvalue weighted by molar-refractivity contribution is -0.165. The molecule has 2 bridgehead atoms. The zero-order chi connectivity index (χ0) is 24.1. The Hall–Kier alpha value is -2.72. The van der Waals surface area contributed by atoms with E-state index in [1.54, 1.807) is 0 Å². The molecule has 11 heteroatoms. The van der Waals surface area contributed by atoms with E-state index < -0.39 is 69.6 Å². The number of nitrogens with zero attached hydrogens (tertiary/aromatic N) is 1. The van der Waals surface area contributed by atoms with Crippen LogP contribution in [0, 0.1) is 17.5 Å². The smallest absolute Gasteiger partial charge is 0.351 e. The molecular weight excluding hydrogens is 471 g/mol. The number of anilines is 1. The van der Waals surface area contributed by atoms with Crippen LogP contribution in [0.5, 0.6) is 0 Å². The second-order valence-corrected chi connectivity index (χ2v) is 8.61. The highest BCUT2D eigenvalue weighted by atomic mass is 35.5. The number of carbonyl (C=O) groups is 2. The molecule has 3 atom stereocenters. The van der Waals surface area contributed by atoms with Crippen molar-refractivity contribution in [2.75, 3.05) is 5.32 Å². The lowest BCUT2D eigenvalue weighted by atomic mass is 9.97. The molecule has 0 saturated carbocycles. The maximum atomic E-state index is 15.3. The largest absolute Gasteiger partial charge is 0.393 e. The Morgan fingerprint density at radius 2 is 1.61 bits per heavy atom. The summed E-state index contributed by atoms with van der Waals surface area (Å²) in [5.41, 5.74) is -1.69. The lowest BCUT2D eigenvalue weighted by Gasteiger charge is -2.39. The Labute approximate surface area is 190 Å². The lowest BCUT2D eigenvalue weighted by Crippen LogP contribution is -2.52. The third-order valence-corrected chi connectivity index (χ3v) is 6.35. The number of aliphatic hydroxyl groups is 1. The summed E-state index contributed by atoms with van der Waals surface area (Å²) in [6, 6.07) is 2.88. The van der Waals surface area contributed by atoms with Crippen LogP contribution in [0.15, 0.2) is 30.3 Å². The molecule has 5 nitrogen and oxygen atoms in total. The van der Waals surface area contributed by atoms with Gasteiger partial charge in [0.1, 0.15) is 0 Å².